The summed E-state index contributed by atoms with van der Waals surface area (Å²) < 4.78 is 1.86. The lowest BCUT2D eigenvalue weighted by Crippen LogP contribution is -2.49. The van der Waals surface area contributed by atoms with Crippen LogP contribution >= 0.6 is 11.8 Å². The molecule has 2 aromatic carbocycles. The normalized spacial score (nSPS) is 17.7. The van der Waals surface area contributed by atoms with E-state index in [4.69, 9.17) is 0 Å². The van der Waals surface area contributed by atoms with Gasteiger partial charge >= 0.3 is 6.03 Å². The van der Waals surface area contributed by atoms with Gasteiger partial charge < -0.3 is 5.32 Å². The number of hydrogen-bond acceptors (Lipinski definition) is 6. The molecule has 4 rings (SSSR count). The summed E-state index contributed by atoms with van der Waals surface area (Å²) >= 11 is 1.18. The van der Waals surface area contributed by atoms with Crippen LogP contribution in [-0.4, -0.2) is 48.9 Å². The van der Waals surface area contributed by atoms with Crippen LogP contribution in [0.3, 0.4) is 0 Å². The molecule has 2 heterocycles. The highest BCUT2D eigenvalue weighted by atomic mass is 32.2. The average molecular weight is 479 g/mol. The van der Waals surface area contributed by atoms with E-state index in [9.17, 15) is 14.4 Å². The second kappa shape index (κ2) is 9.68. The Morgan fingerprint density at radius 3 is 2.59 bits per heavy atom. The topological polar surface area (TPSA) is 109 Å². The minimum Gasteiger partial charge on any atom is -0.322 e. The zero-order chi connectivity index (χ0) is 24.3. The molecule has 10 heteroatoms. The minimum absolute atomic E-state index is 0.0399. The summed E-state index contributed by atoms with van der Waals surface area (Å²) in [6.07, 6.45) is 1.04. The predicted molar refractivity (Wildman–Crippen MR) is 128 cm³/mol. The molecule has 0 saturated carbocycles. The van der Waals surface area contributed by atoms with Gasteiger partial charge in [-0.15, -0.1) is 10.2 Å². The number of nitrogens with zero attached hydrogens (tertiary/aromatic N) is 4. The molecule has 0 aliphatic carbocycles. The maximum Gasteiger partial charge on any atom is 0.344 e. The van der Waals surface area contributed by atoms with E-state index in [2.05, 4.69) is 20.9 Å². The summed E-state index contributed by atoms with van der Waals surface area (Å²) in [5, 5.41) is 12.3. The summed E-state index contributed by atoms with van der Waals surface area (Å²) in [6, 6.07) is 17.0. The molecule has 4 amide bonds. The number of benzene rings is 2. The fraction of sp³-hybridized carbons (Fsp3) is 0.292. The van der Waals surface area contributed by atoms with Crippen molar-refractivity contribution in [3.8, 4) is 5.69 Å². The summed E-state index contributed by atoms with van der Waals surface area (Å²) in [7, 11) is 0. The molecule has 1 aliphatic rings. The van der Waals surface area contributed by atoms with Gasteiger partial charge in [-0.3, -0.25) is 19.6 Å². The van der Waals surface area contributed by atoms with Crippen LogP contribution in [0.5, 0.6) is 0 Å². The number of hydrogen-bond donors (Lipinski definition) is 2. The van der Waals surface area contributed by atoms with E-state index in [1.54, 1.807) is 6.92 Å². The molecule has 0 bridgehead atoms. The number of thioether (sulfide) groups is 1. The Labute approximate surface area is 201 Å². The zero-order valence-electron chi connectivity index (χ0n) is 19.2. The molecule has 9 nitrogen and oxygen atoms in total. The lowest BCUT2D eigenvalue weighted by Gasteiger charge is -2.21. The smallest absolute Gasteiger partial charge is 0.322 e. The van der Waals surface area contributed by atoms with E-state index < -0.39 is 23.4 Å². The van der Waals surface area contributed by atoms with Crippen LogP contribution in [-0.2, 0) is 16.0 Å². The van der Waals surface area contributed by atoms with Crippen LogP contribution in [0.1, 0.15) is 30.3 Å². The lowest BCUT2D eigenvalue weighted by molar-refractivity contribution is -0.138. The average Bonchev–Trinajstić information content (AvgIpc) is 3.29. The highest BCUT2D eigenvalue weighted by Crippen LogP contribution is 2.24. The Morgan fingerprint density at radius 2 is 1.85 bits per heavy atom. The van der Waals surface area contributed by atoms with Crippen LogP contribution in [0.15, 0.2) is 59.8 Å². The van der Waals surface area contributed by atoms with Crippen molar-refractivity contribution < 1.29 is 14.4 Å². The Balaban J connectivity index is 1.37. The third-order valence-corrected chi connectivity index (χ3v) is 6.57. The first kappa shape index (κ1) is 23.5. The number of hydrazine groups is 1. The molecule has 1 fully saturated rings. The first-order valence-corrected chi connectivity index (χ1v) is 11.9. The minimum atomic E-state index is -1.09. The van der Waals surface area contributed by atoms with Crippen molar-refractivity contribution >= 4 is 29.6 Å². The molecular weight excluding hydrogens is 452 g/mol. The fourth-order valence-electron chi connectivity index (χ4n) is 3.78. The number of carbonyl (C=O) groups excluding carboxylic acids is 3. The lowest BCUT2D eigenvalue weighted by atomic mass is 9.93. The molecule has 1 aliphatic heterocycles. The van der Waals surface area contributed by atoms with Crippen LogP contribution in [0, 0.1) is 13.8 Å². The number of imide groups is 1. The number of amides is 4. The molecule has 176 valence electrons. The van der Waals surface area contributed by atoms with Gasteiger partial charge in [0.25, 0.3) is 5.91 Å². The van der Waals surface area contributed by atoms with Gasteiger partial charge in [0.15, 0.2) is 5.16 Å². The number of rotatable bonds is 8. The van der Waals surface area contributed by atoms with Gasteiger partial charge in [0, 0.05) is 5.69 Å². The van der Waals surface area contributed by atoms with Crippen molar-refractivity contribution in [3.63, 3.8) is 0 Å². The first-order chi connectivity index (χ1) is 16.3. The molecule has 3 aromatic rings. The largest absolute Gasteiger partial charge is 0.344 e. The summed E-state index contributed by atoms with van der Waals surface area (Å²) in [5.74, 6) is -0.318. The van der Waals surface area contributed by atoms with E-state index in [0.29, 0.717) is 23.8 Å². The Morgan fingerprint density at radius 1 is 1.09 bits per heavy atom. The van der Waals surface area contributed by atoms with Crippen LogP contribution < -0.4 is 10.7 Å². The van der Waals surface area contributed by atoms with Crippen molar-refractivity contribution in [2.75, 3.05) is 5.75 Å². The number of urea groups is 1. The maximum atomic E-state index is 12.9. The van der Waals surface area contributed by atoms with Gasteiger partial charge in [0.2, 0.25) is 5.91 Å². The van der Waals surface area contributed by atoms with Crippen molar-refractivity contribution in [1.29, 1.82) is 0 Å². The van der Waals surface area contributed by atoms with E-state index >= 15 is 0 Å². The Bertz CT molecular complexity index is 1230. The monoisotopic (exact) mass is 478 g/mol. The number of aromatic nitrogens is 3. The molecule has 1 aromatic heterocycles. The van der Waals surface area contributed by atoms with Crippen LogP contribution in [0.4, 0.5) is 4.79 Å². The van der Waals surface area contributed by atoms with Gasteiger partial charge in [-0.05, 0) is 56.9 Å². The number of aryl methyl sites for hydroxylation is 3. The van der Waals surface area contributed by atoms with E-state index in [0.717, 1.165) is 21.8 Å². The third-order valence-electron chi connectivity index (χ3n) is 5.64. The van der Waals surface area contributed by atoms with Gasteiger partial charge in [0.1, 0.15) is 11.4 Å². The number of carbonyl (C=O) groups is 3. The summed E-state index contributed by atoms with van der Waals surface area (Å²) in [5.41, 5.74) is 4.40. The molecular formula is C24H26N6O3S. The Hall–Kier alpha value is -3.66. The van der Waals surface area contributed by atoms with Gasteiger partial charge in [-0.25, -0.2) is 4.79 Å². The Kier molecular flexibility index (Phi) is 6.69. The van der Waals surface area contributed by atoms with E-state index in [1.807, 2.05) is 73.0 Å². The highest BCUT2D eigenvalue weighted by molar-refractivity contribution is 7.99. The molecule has 0 spiro atoms. The second-order valence-corrected chi connectivity index (χ2v) is 9.36. The summed E-state index contributed by atoms with van der Waals surface area (Å²) in [6.45, 7) is 5.50. The quantitative estimate of drug-likeness (QED) is 0.381. The molecule has 1 saturated heterocycles. The maximum absolute atomic E-state index is 12.9. The molecule has 34 heavy (non-hydrogen) atoms. The van der Waals surface area contributed by atoms with Crippen molar-refractivity contribution in [1.82, 2.24) is 30.5 Å². The molecule has 1 atom stereocenters. The van der Waals surface area contributed by atoms with Gasteiger partial charge in [-0.2, -0.15) is 5.01 Å². The van der Waals surface area contributed by atoms with Crippen LogP contribution in [0.2, 0.25) is 0 Å². The number of nitrogens with one attached hydrogen (secondary N) is 2. The van der Waals surface area contributed by atoms with Crippen molar-refractivity contribution in [3.05, 3.63) is 71.5 Å². The van der Waals surface area contributed by atoms with E-state index in [1.165, 1.54) is 11.8 Å². The second-order valence-electron chi connectivity index (χ2n) is 8.42. The van der Waals surface area contributed by atoms with Gasteiger partial charge in [0.05, 0.1) is 5.75 Å². The SMILES string of the molecule is Cc1cccc(-n2c(C)nnc2SCC(=O)NN2C(=O)N[C@](C)(CCc3ccccc3)C2=O)c1. The van der Waals surface area contributed by atoms with Crippen molar-refractivity contribution in [2.45, 2.75) is 44.3 Å². The first-order valence-electron chi connectivity index (χ1n) is 10.9. The molecule has 0 unspecified atom stereocenters. The molecule has 2 N–H and O–H groups in total. The zero-order valence-corrected chi connectivity index (χ0v) is 20.1. The third kappa shape index (κ3) is 4.96. The molecule has 0 radical (unpaired) electrons. The van der Waals surface area contributed by atoms with Gasteiger partial charge in [-0.1, -0.05) is 54.2 Å². The fourth-order valence-corrected chi connectivity index (χ4v) is 4.57. The summed E-state index contributed by atoms with van der Waals surface area (Å²) in [4.78, 5) is 38.0. The van der Waals surface area contributed by atoms with E-state index in [-0.39, 0.29) is 5.75 Å². The standard InChI is InChI=1S/C24H26N6O3S/c1-16-8-7-11-19(14-16)29-17(2)26-27-23(29)34-15-20(31)28-30-21(32)24(3,25-22(30)33)13-12-18-9-5-4-6-10-18/h4-11,14H,12-13,15H2,1-3H3,(H,25,33)(H,28,31)/t24-/m1/s1. The highest BCUT2D eigenvalue weighted by Gasteiger charge is 2.48. The van der Waals surface area contributed by atoms with Crippen LogP contribution in [0.25, 0.3) is 5.69 Å². The van der Waals surface area contributed by atoms with Crippen molar-refractivity contribution in [2.24, 2.45) is 0 Å². The predicted octanol–water partition coefficient (Wildman–Crippen LogP) is 2.95.